The number of rotatable bonds is 4. The molecule has 0 spiro atoms. The first kappa shape index (κ1) is 19.3. The van der Waals surface area contributed by atoms with E-state index in [1.807, 2.05) is 0 Å². The average Bonchev–Trinajstić information content (AvgIpc) is 2.99. The van der Waals surface area contributed by atoms with Gasteiger partial charge in [0.05, 0.1) is 11.9 Å². The van der Waals surface area contributed by atoms with Gasteiger partial charge in [-0.2, -0.15) is 5.10 Å². The lowest BCUT2D eigenvalue weighted by molar-refractivity contribution is 0.141. The fourth-order valence-electron chi connectivity index (χ4n) is 2.51. The Hall–Kier alpha value is -3.43. The van der Waals surface area contributed by atoms with Crippen LogP contribution in [0.15, 0.2) is 42.6 Å². The first-order chi connectivity index (χ1) is 13.3. The van der Waals surface area contributed by atoms with Crippen molar-refractivity contribution in [3.05, 3.63) is 65.7 Å². The van der Waals surface area contributed by atoms with E-state index in [1.54, 1.807) is 0 Å². The van der Waals surface area contributed by atoms with Gasteiger partial charge in [0.15, 0.2) is 23.1 Å². The van der Waals surface area contributed by atoms with Gasteiger partial charge in [-0.1, -0.05) is 18.2 Å². The molecular weight excluding hydrogens is 385 g/mol. The number of nitrogens with zero attached hydrogens (tertiary/aromatic N) is 2. The molecule has 0 fully saturated rings. The number of alkyl halides is 2. The standard InChI is InChI=1S/C18H12F5N3O2/c1-26-8-15(16(25-26)17(22)23)28-18(27)24-14-5-3-2-4-9(14)10-6-12(20)13(21)7-11(10)19/h2-8,17H,1H3,(H,24,27). The predicted octanol–water partition coefficient (Wildman–Crippen LogP) is 5.05. The van der Waals surface area contributed by atoms with Gasteiger partial charge in [-0.05, 0) is 12.1 Å². The summed E-state index contributed by atoms with van der Waals surface area (Å²) in [5.74, 6) is -4.13. The number of aromatic nitrogens is 2. The third kappa shape index (κ3) is 3.95. The van der Waals surface area contributed by atoms with E-state index >= 15 is 0 Å². The van der Waals surface area contributed by atoms with Gasteiger partial charge in [0.1, 0.15) is 5.82 Å². The number of hydrogen-bond acceptors (Lipinski definition) is 3. The first-order valence-corrected chi connectivity index (χ1v) is 7.80. The number of aryl methyl sites for hydroxylation is 1. The van der Waals surface area contributed by atoms with Gasteiger partial charge < -0.3 is 4.74 Å². The fourth-order valence-corrected chi connectivity index (χ4v) is 2.51. The second kappa shape index (κ2) is 7.67. The minimum absolute atomic E-state index is 0.0000968. The molecule has 5 nitrogen and oxygen atoms in total. The molecule has 146 valence electrons. The van der Waals surface area contributed by atoms with Gasteiger partial charge in [-0.3, -0.25) is 10.00 Å². The molecule has 0 aliphatic rings. The normalized spacial score (nSPS) is 11.0. The summed E-state index contributed by atoms with van der Waals surface area (Å²) in [5.41, 5.74) is -0.988. The Morgan fingerprint density at radius 1 is 1.07 bits per heavy atom. The zero-order valence-corrected chi connectivity index (χ0v) is 14.2. The van der Waals surface area contributed by atoms with Gasteiger partial charge in [0, 0.05) is 24.2 Å². The van der Waals surface area contributed by atoms with Crippen LogP contribution in [0.4, 0.5) is 32.4 Å². The summed E-state index contributed by atoms with van der Waals surface area (Å²) in [6.07, 6.45) is -3.03. The fraction of sp³-hybridized carbons (Fsp3) is 0.111. The molecule has 2 aromatic carbocycles. The van der Waals surface area contributed by atoms with Gasteiger partial charge in [0.25, 0.3) is 6.43 Å². The first-order valence-electron chi connectivity index (χ1n) is 7.80. The van der Waals surface area contributed by atoms with Gasteiger partial charge >= 0.3 is 6.09 Å². The maximum absolute atomic E-state index is 14.1. The maximum Gasteiger partial charge on any atom is 0.417 e. The Balaban J connectivity index is 1.88. The smallest absolute Gasteiger partial charge is 0.406 e. The second-order valence-corrected chi connectivity index (χ2v) is 5.66. The zero-order chi connectivity index (χ0) is 20.4. The number of ether oxygens (including phenoxy) is 1. The van der Waals surface area contributed by atoms with Crippen LogP contribution in [-0.2, 0) is 7.05 Å². The highest BCUT2D eigenvalue weighted by atomic mass is 19.3. The molecular formula is C18H12F5N3O2. The minimum atomic E-state index is -2.97. The van der Waals surface area contributed by atoms with E-state index < -0.39 is 41.4 Å². The van der Waals surface area contributed by atoms with E-state index in [-0.39, 0.29) is 16.8 Å². The highest BCUT2D eigenvalue weighted by Gasteiger charge is 2.22. The van der Waals surface area contributed by atoms with Crippen LogP contribution >= 0.6 is 0 Å². The van der Waals surface area contributed by atoms with Crippen molar-refractivity contribution in [3.8, 4) is 16.9 Å². The Kier molecular flexibility index (Phi) is 5.30. The summed E-state index contributed by atoms with van der Waals surface area (Å²) in [4.78, 5) is 12.1. The number of nitrogens with one attached hydrogen (secondary N) is 1. The van der Waals surface area contributed by atoms with Crippen molar-refractivity contribution in [3.63, 3.8) is 0 Å². The van der Waals surface area contributed by atoms with Gasteiger partial charge in [0.2, 0.25) is 0 Å². The Labute approximate surface area is 155 Å². The number of halogens is 5. The SMILES string of the molecule is Cn1cc(OC(=O)Nc2ccccc2-c2cc(F)c(F)cc2F)c(C(F)F)n1. The molecule has 0 saturated heterocycles. The van der Waals surface area contributed by atoms with Crippen LogP contribution in [0.25, 0.3) is 11.1 Å². The molecule has 0 unspecified atom stereocenters. The van der Waals surface area contributed by atoms with Crippen LogP contribution in [0.1, 0.15) is 12.1 Å². The number of benzene rings is 2. The van der Waals surface area contributed by atoms with Crippen LogP contribution in [0.2, 0.25) is 0 Å². The van der Waals surface area contributed by atoms with E-state index in [0.717, 1.165) is 10.9 Å². The van der Waals surface area contributed by atoms with Crippen LogP contribution in [0.3, 0.4) is 0 Å². The number of anilines is 1. The average molecular weight is 397 g/mol. The number of para-hydroxylation sites is 1. The molecule has 0 aliphatic heterocycles. The molecule has 3 rings (SSSR count). The van der Waals surface area contributed by atoms with Crippen LogP contribution in [0.5, 0.6) is 5.75 Å². The molecule has 0 aliphatic carbocycles. The summed E-state index contributed by atoms with van der Waals surface area (Å²) in [6, 6.07) is 6.72. The molecule has 1 heterocycles. The van der Waals surface area contributed by atoms with Crippen LogP contribution in [0, 0.1) is 17.5 Å². The Morgan fingerprint density at radius 2 is 1.75 bits per heavy atom. The van der Waals surface area contributed by atoms with Crippen molar-refractivity contribution in [2.24, 2.45) is 7.05 Å². The van der Waals surface area contributed by atoms with E-state index in [1.165, 1.54) is 31.3 Å². The number of carbonyl (C=O) groups excluding carboxylic acids is 1. The molecule has 1 amide bonds. The third-order valence-electron chi connectivity index (χ3n) is 3.70. The van der Waals surface area contributed by atoms with E-state index in [0.29, 0.717) is 12.1 Å². The lowest BCUT2D eigenvalue weighted by atomic mass is 10.0. The Morgan fingerprint density at radius 3 is 2.46 bits per heavy atom. The van der Waals surface area contributed by atoms with Crippen molar-refractivity contribution < 1.29 is 31.5 Å². The van der Waals surface area contributed by atoms with Crippen molar-refractivity contribution in [1.29, 1.82) is 0 Å². The third-order valence-corrected chi connectivity index (χ3v) is 3.70. The topological polar surface area (TPSA) is 56.1 Å². The number of amides is 1. The Bertz CT molecular complexity index is 1040. The summed E-state index contributed by atoms with van der Waals surface area (Å²) in [7, 11) is 1.37. The molecule has 0 bridgehead atoms. The molecule has 10 heteroatoms. The summed E-state index contributed by atoms with van der Waals surface area (Å²) < 4.78 is 72.5. The minimum Gasteiger partial charge on any atom is -0.406 e. The quantitative estimate of drug-likeness (QED) is 0.495. The van der Waals surface area contributed by atoms with Crippen molar-refractivity contribution >= 4 is 11.8 Å². The molecule has 28 heavy (non-hydrogen) atoms. The summed E-state index contributed by atoms with van der Waals surface area (Å²) in [5, 5.41) is 5.77. The zero-order valence-electron chi connectivity index (χ0n) is 14.2. The monoisotopic (exact) mass is 397 g/mol. The second-order valence-electron chi connectivity index (χ2n) is 5.66. The molecule has 1 aromatic heterocycles. The van der Waals surface area contributed by atoms with Crippen molar-refractivity contribution in [1.82, 2.24) is 9.78 Å². The number of hydrogen-bond donors (Lipinski definition) is 1. The molecule has 1 N–H and O–H groups in total. The largest absolute Gasteiger partial charge is 0.417 e. The van der Waals surface area contributed by atoms with Gasteiger partial charge in [-0.15, -0.1) is 0 Å². The summed E-state index contributed by atoms with van der Waals surface area (Å²) in [6.45, 7) is 0. The van der Waals surface area contributed by atoms with Crippen molar-refractivity contribution in [2.45, 2.75) is 6.43 Å². The van der Waals surface area contributed by atoms with Gasteiger partial charge in [-0.25, -0.2) is 26.7 Å². The van der Waals surface area contributed by atoms with E-state index in [2.05, 4.69) is 10.4 Å². The van der Waals surface area contributed by atoms with E-state index in [9.17, 15) is 26.7 Å². The summed E-state index contributed by atoms with van der Waals surface area (Å²) >= 11 is 0. The highest BCUT2D eigenvalue weighted by Crippen LogP contribution is 2.32. The molecule has 0 saturated carbocycles. The van der Waals surface area contributed by atoms with Crippen LogP contribution < -0.4 is 10.1 Å². The lowest BCUT2D eigenvalue weighted by Gasteiger charge is -2.12. The maximum atomic E-state index is 14.1. The predicted molar refractivity (Wildman–Crippen MR) is 89.6 cm³/mol. The van der Waals surface area contributed by atoms with Crippen molar-refractivity contribution in [2.75, 3.05) is 5.32 Å². The number of carbonyl (C=O) groups is 1. The lowest BCUT2D eigenvalue weighted by Crippen LogP contribution is -2.17. The molecule has 0 atom stereocenters. The molecule has 3 aromatic rings. The van der Waals surface area contributed by atoms with E-state index in [4.69, 9.17) is 4.74 Å². The van der Waals surface area contributed by atoms with Crippen LogP contribution in [-0.4, -0.2) is 15.9 Å². The highest BCUT2D eigenvalue weighted by molar-refractivity contribution is 5.92. The molecule has 0 radical (unpaired) electrons.